The molecule has 16 heteroatoms. The Morgan fingerprint density at radius 2 is 1.23 bits per heavy atom. The van der Waals surface area contributed by atoms with Crippen LogP contribution < -0.4 is 16.0 Å². The Kier molecular flexibility index (Phi) is 10.3. The maximum absolute atomic E-state index is 14.9. The van der Waals surface area contributed by atoms with Crippen LogP contribution in [0, 0.1) is 23.3 Å². The molecule has 3 N–H and O–H groups in total. The summed E-state index contributed by atoms with van der Waals surface area (Å²) in [6.45, 7) is 6.34. The minimum absolute atomic E-state index is 0.178. The fraction of sp³-hybridized carbons (Fsp3) is 0.220. The third-order valence-corrected chi connectivity index (χ3v) is 14.1. The summed E-state index contributed by atoms with van der Waals surface area (Å²) in [7, 11) is 2.12. The number of hydrogen-bond acceptors (Lipinski definition) is 12. The summed E-state index contributed by atoms with van der Waals surface area (Å²) in [5.41, 5.74) is 6.77. The molecule has 0 radical (unpaired) electrons. The number of fused-ring (bicyclic) bond motifs is 4. The molecule has 6 aromatic heterocycles. The number of thiophene rings is 2. The molecule has 0 saturated carbocycles. The number of likely N-dealkylation sites (N-methyl/N-ethyl adjacent to an activating group) is 1. The van der Waals surface area contributed by atoms with Crippen LogP contribution >= 0.6 is 45.3 Å². The number of benzene rings is 2. The fourth-order valence-electron chi connectivity index (χ4n) is 7.21. The predicted octanol–water partition coefficient (Wildman–Crippen LogP) is 11.7. The fourth-order valence-corrected chi connectivity index (χ4v) is 10.9. The van der Waals surface area contributed by atoms with Crippen LogP contribution in [-0.4, -0.2) is 57.1 Å². The number of nitrogens with one attached hydrogen (secondary N) is 3. The van der Waals surface area contributed by atoms with Crippen LogP contribution in [0.4, 0.5) is 40.3 Å². The van der Waals surface area contributed by atoms with Crippen molar-refractivity contribution >= 4 is 120 Å². The maximum atomic E-state index is 14.9. The van der Waals surface area contributed by atoms with E-state index in [0.717, 1.165) is 56.1 Å². The van der Waals surface area contributed by atoms with Crippen LogP contribution in [0.3, 0.4) is 0 Å². The van der Waals surface area contributed by atoms with Crippen LogP contribution in [0.25, 0.3) is 52.0 Å². The first-order valence-corrected chi connectivity index (χ1v) is 21.6. The predicted molar refractivity (Wildman–Crippen MR) is 230 cm³/mol. The van der Waals surface area contributed by atoms with E-state index in [9.17, 15) is 17.6 Å². The number of anilines is 4. The molecule has 8 aromatic rings. The van der Waals surface area contributed by atoms with Gasteiger partial charge in [-0.3, -0.25) is 4.90 Å². The van der Waals surface area contributed by atoms with Crippen LogP contribution in [0.5, 0.6) is 0 Å². The van der Waals surface area contributed by atoms with E-state index in [0.29, 0.717) is 26.8 Å². The summed E-state index contributed by atoms with van der Waals surface area (Å²) >= 11 is 5.62. The molecule has 0 fully saturated rings. The van der Waals surface area contributed by atoms with E-state index >= 15 is 0 Å². The smallest absolute Gasteiger partial charge is 0.176 e. The third-order valence-electron chi connectivity index (χ3n) is 10.4. The highest BCUT2D eigenvalue weighted by Gasteiger charge is 2.24. The number of rotatable bonds is 6. The lowest BCUT2D eigenvalue weighted by Gasteiger charge is -2.30. The number of thiazole rings is 2. The van der Waals surface area contributed by atoms with E-state index in [2.05, 4.69) is 79.9 Å². The van der Waals surface area contributed by atoms with Crippen molar-refractivity contribution in [3.8, 4) is 0 Å². The van der Waals surface area contributed by atoms with Gasteiger partial charge in [0.1, 0.15) is 32.1 Å². The molecule has 290 valence electrons. The maximum Gasteiger partial charge on any atom is 0.176 e. The number of pyridine rings is 2. The van der Waals surface area contributed by atoms with Gasteiger partial charge in [0.15, 0.2) is 23.3 Å². The summed E-state index contributed by atoms with van der Waals surface area (Å²) < 4.78 is 59.8. The van der Waals surface area contributed by atoms with Gasteiger partial charge in [-0.2, -0.15) is 0 Å². The topological polar surface area (TPSA) is 90.9 Å². The highest BCUT2D eigenvalue weighted by atomic mass is 32.1. The third kappa shape index (κ3) is 7.08. The Bertz CT molecular complexity index is 2880. The van der Waals surface area contributed by atoms with Crippen molar-refractivity contribution in [1.82, 2.24) is 30.2 Å². The van der Waals surface area contributed by atoms with Gasteiger partial charge in [-0.15, -0.1) is 45.3 Å². The average molecular weight is 843 g/mol. The molecule has 0 bridgehead atoms. The van der Waals surface area contributed by atoms with Gasteiger partial charge < -0.3 is 16.0 Å². The molecular formula is C41H34F4N8S4. The lowest BCUT2D eigenvalue weighted by Crippen LogP contribution is -2.33. The van der Waals surface area contributed by atoms with Gasteiger partial charge in [-0.1, -0.05) is 12.2 Å². The van der Waals surface area contributed by atoms with E-state index in [-0.39, 0.29) is 28.5 Å². The summed E-state index contributed by atoms with van der Waals surface area (Å²) in [6.07, 6.45) is 9.82. The Morgan fingerprint density at radius 1 is 0.702 bits per heavy atom. The van der Waals surface area contributed by atoms with Crippen molar-refractivity contribution in [2.75, 3.05) is 30.8 Å². The molecule has 8 heterocycles. The number of aromatic nitrogens is 4. The molecule has 10 rings (SSSR count). The van der Waals surface area contributed by atoms with E-state index in [1.807, 2.05) is 6.07 Å². The molecular weight excluding hydrogens is 809 g/mol. The first kappa shape index (κ1) is 37.7. The van der Waals surface area contributed by atoms with E-state index < -0.39 is 23.3 Å². The van der Waals surface area contributed by atoms with Crippen molar-refractivity contribution in [2.45, 2.75) is 38.8 Å². The lowest BCUT2D eigenvalue weighted by molar-refractivity contribution is 0.300. The monoisotopic (exact) mass is 842 g/mol. The highest BCUT2D eigenvalue weighted by molar-refractivity contribution is 7.20. The molecule has 0 unspecified atom stereocenters. The van der Waals surface area contributed by atoms with E-state index in [1.165, 1.54) is 57.0 Å². The van der Waals surface area contributed by atoms with Crippen molar-refractivity contribution in [1.29, 1.82) is 0 Å². The van der Waals surface area contributed by atoms with Gasteiger partial charge in [-0.05, 0) is 87.8 Å². The lowest BCUT2D eigenvalue weighted by atomic mass is 10.00. The van der Waals surface area contributed by atoms with Crippen LogP contribution in [0.15, 0.2) is 72.0 Å². The zero-order valence-corrected chi connectivity index (χ0v) is 34.1. The van der Waals surface area contributed by atoms with Crippen molar-refractivity contribution in [2.24, 2.45) is 0 Å². The van der Waals surface area contributed by atoms with Crippen LogP contribution in [0.1, 0.15) is 36.4 Å². The SMILES string of the molecule is C[C@@H]1NCCC=C1c1cc2c(Nc3c(F)cc4scnc4c3F)ccnc2s1.C[C@H]1C(c2cc3c(Nc4c(F)cc5scnc5c4F)ccnc3s2)=CCCN1C. The molecule has 0 aliphatic carbocycles. The van der Waals surface area contributed by atoms with Crippen LogP contribution in [-0.2, 0) is 0 Å². The first-order valence-electron chi connectivity index (χ1n) is 18.2. The molecule has 0 saturated heterocycles. The normalized spacial score (nSPS) is 17.5. The Morgan fingerprint density at radius 3 is 1.77 bits per heavy atom. The molecule has 0 spiro atoms. The van der Waals surface area contributed by atoms with Gasteiger partial charge in [0.05, 0.1) is 31.8 Å². The molecule has 2 atom stereocenters. The second-order valence-electron chi connectivity index (χ2n) is 13.8. The van der Waals surface area contributed by atoms with Crippen molar-refractivity contribution < 1.29 is 17.6 Å². The molecule has 2 aliphatic rings. The standard InChI is InChI=1S/C21H18F2N4S2.C20H16F2N4S2/c1-11-12(4-3-7-27(11)2)16-8-13-15(5-6-24-21(13)29-16)26-19-14(22)9-17-20(18(19)23)25-10-28-17;1-10-11(3-2-5-23-10)15-7-12-14(4-6-24-20(12)28-15)26-18-13(21)8-16-19(17(18)22)25-9-27-16/h4-6,8-11H,3,7H2,1-2H3,(H,24,26);3-4,6-10,23H,2,5H2,1H3,(H,24,26)/t11-;10-/m00/s1. The van der Waals surface area contributed by atoms with Gasteiger partial charge in [-0.25, -0.2) is 37.5 Å². The number of nitrogens with zero attached hydrogens (tertiary/aromatic N) is 5. The van der Waals surface area contributed by atoms with Gasteiger partial charge in [0.2, 0.25) is 0 Å². The zero-order valence-electron chi connectivity index (χ0n) is 30.8. The summed E-state index contributed by atoms with van der Waals surface area (Å²) in [5.74, 6) is -2.62. The first-order chi connectivity index (χ1) is 27.6. The second kappa shape index (κ2) is 15.5. The molecule has 57 heavy (non-hydrogen) atoms. The average Bonchev–Trinajstić information content (AvgIpc) is 4.03. The second-order valence-corrected chi connectivity index (χ2v) is 17.7. The van der Waals surface area contributed by atoms with Gasteiger partial charge in [0, 0.05) is 51.5 Å². The van der Waals surface area contributed by atoms with E-state index in [1.54, 1.807) is 47.2 Å². The Hall–Kier alpha value is -4.84. The van der Waals surface area contributed by atoms with E-state index in [4.69, 9.17) is 0 Å². The zero-order chi connectivity index (χ0) is 39.4. The Balaban J connectivity index is 0.000000148. The van der Waals surface area contributed by atoms with Gasteiger partial charge in [0.25, 0.3) is 0 Å². The summed E-state index contributed by atoms with van der Waals surface area (Å²) in [6, 6.07) is 10.8. The van der Waals surface area contributed by atoms with Crippen LogP contribution in [0.2, 0.25) is 0 Å². The molecule has 0 amide bonds. The minimum atomic E-state index is -0.676. The highest BCUT2D eigenvalue weighted by Crippen LogP contribution is 2.41. The Labute approximate surface area is 340 Å². The summed E-state index contributed by atoms with van der Waals surface area (Å²) in [4.78, 5) is 23.2. The largest absolute Gasteiger partial charge is 0.350 e. The minimum Gasteiger partial charge on any atom is -0.350 e. The number of halogens is 4. The van der Waals surface area contributed by atoms with Crippen molar-refractivity contribution in [3.05, 3.63) is 105 Å². The molecule has 2 aliphatic heterocycles. The van der Waals surface area contributed by atoms with Gasteiger partial charge >= 0.3 is 0 Å². The summed E-state index contributed by atoms with van der Waals surface area (Å²) in [5, 5.41) is 11.0. The molecule has 2 aromatic carbocycles. The van der Waals surface area contributed by atoms with Crippen molar-refractivity contribution in [3.63, 3.8) is 0 Å². The molecule has 8 nitrogen and oxygen atoms in total. The quantitative estimate of drug-likeness (QED) is 0.143. The number of hydrogen-bond donors (Lipinski definition) is 3.